The first-order chi connectivity index (χ1) is 15.5. The van der Waals surface area contributed by atoms with Gasteiger partial charge < -0.3 is 9.47 Å². The number of hydrogen-bond donors (Lipinski definition) is 0. The summed E-state index contributed by atoms with van der Waals surface area (Å²) in [5, 5.41) is 4.18. The van der Waals surface area contributed by atoms with E-state index in [1.54, 1.807) is 17.9 Å². The van der Waals surface area contributed by atoms with Crippen molar-refractivity contribution in [2.24, 2.45) is 0 Å². The van der Waals surface area contributed by atoms with Crippen molar-refractivity contribution in [3.05, 3.63) is 58.5 Å². The van der Waals surface area contributed by atoms with Gasteiger partial charge in [-0.2, -0.15) is 0 Å². The van der Waals surface area contributed by atoms with E-state index in [1.165, 1.54) is 10.8 Å². The van der Waals surface area contributed by atoms with Crippen molar-refractivity contribution < 1.29 is 14.5 Å². The highest BCUT2D eigenvalue weighted by molar-refractivity contribution is 5.82. The van der Waals surface area contributed by atoms with Crippen LogP contribution >= 0.6 is 0 Å². The van der Waals surface area contributed by atoms with Gasteiger partial charge in [0.2, 0.25) is 0 Å². The Bertz CT molecular complexity index is 1310. The van der Waals surface area contributed by atoms with Gasteiger partial charge in [0.25, 0.3) is 12.0 Å². The van der Waals surface area contributed by atoms with Gasteiger partial charge in [-0.3, -0.25) is 9.47 Å². The van der Waals surface area contributed by atoms with Gasteiger partial charge in [-0.05, 0) is 36.1 Å². The molecule has 0 unspecified atom stereocenters. The molecule has 2 atom stereocenters. The Labute approximate surface area is 184 Å². The molecule has 0 spiro atoms. The molecule has 1 aromatic carbocycles. The number of nitrogens with one attached hydrogen (secondary N) is 1. The molecular weight excluding hydrogens is 410 g/mol. The van der Waals surface area contributed by atoms with Crippen molar-refractivity contribution in [1.82, 2.24) is 29.0 Å². The molecule has 1 saturated heterocycles. The topological polar surface area (TPSA) is 101 Å². The lowest BCUT2D eigenvalue weighted by Crippen LogP contribution is -2.45. The van der Waals surface area contributed by atoms with Crippen LogP contribution in [0.2, 0.25) is 0 Å². The number of morpholine rings is 1. The van der Waals surface area contributed by atoms with Gasteiger partial charge in [-0.25, -0.2) is 19.7 Å². The fourth-order valence-corrected chi connectivity index (χ4v) is 4.34. The SMILES string of the molecule is COc1ccc(Cn2c(=O)n3nc[nH+]c3c3nc(CN4C[C@@H](C)O[C@@H](C)C4)cnc32)cc1. The van der Waals surface area contributed by atoms with Gasteiger partial charge in [0.05, 0.1) is 37.8 Å². The molecule has 166 valence electrons. The highest BCUT2D eigenvalue weighted by Gasteiger charge is 2.24. The van der Waals surface area contributed by atoms with E-state index in [0.717, 1.165) is 30.1 Å². The van der Waals surface area contributed by atoms with E-state index in [-0.39, 0.29) is 17.9 Å². The van der Waals surface area contributed by atoms with Crippen LogP contribution < -0.4 is 15.4 Å². The number of benzene rings is 1. The van der Waals surface area contributed by atoms with Gasteiger partial charge in [0.1, 0.15) is 5.75 Å². The van der Waals surface area contributed by atoms with Gasteiger partial charge in [0.15, 0.2) is 11.2 Å². The second kappa shape index (κ2) is 8.29. The summed E-state index contributed by atoms with van der Waals surface area (Å²) in [4.78, 5) is 28.0. The highest BCUT2D eigenvalue weighted by atomic mass is 16.5. The first kappa shape index (κ1) is 20.5. The Balaban J connectivity index is 1.55. The normalized spacial score (nSPS) is 19.6. The van der Waals surface area contributed by atoms with Crippen molar-refractivity contribution in [1.29, 1.82) is 0 Å². The number of nitrogens with zero attached hydrogens (tertiary/aromatic N) is 6. The van der Waals surface area contributed by atoms with Crippen LogP contribution in [-0.4, -0.2) is 61.5 Å². The van der Waals surface area contributed by atoms with Crippen LogP contribution in [0.15, 0.2) is 41.6 Å². The Morgan fingerprint density at radius 1 is 1.16 bits per heavy atom. The van der Waals surface area contributed by atoms with Gasteiger partial charge >= 0.3 is 5.69 Å². The Morgan fingerprint density at radius 2 is 1.91 bits per heavy atom. The first-order valence-electron chi connectivity index (χ1n) is 10.7. The third kappa shape index (κ3) is 3.82. The zero-order valence-corrected chi connectivity index (χ0v) is 18.4. The molecule has 1 fully saturated rings. The predicted molar refractivity (Wildman–Crippen MR) is 116 cm³/mol. The molecule has 1 aliphatic rings. The number of ether oxygens (including phenoxy) is 2. The maximum absolute atomic E-state index is 13.1. The van der Waals surface area contributed by atoms with E-state index in [2.05, 4.69) is 33.8 Å². The first-order valence-corrected chi connectivity index (χ1v) is 10.7. The summed E-state index contributed by atoms with van der Waals surface area (Å²) < 4.78 is 14.0. The van der Waals surface area contributed by atoms with E-state index in [4.69, 9.17) is 14.5 Å². The molecule has 0 bridgehead atoms. The van der Waals surface area contributed by atoms with Crippen molar-refractivity contribution >= 4 is 16.8 Å². The summed E-state index contributed by atoms with van der Waals surface area (Å²) in [6.07, 6.45) is 3.60. The standard InChI is InChI=1S/C22H25N7O3/c1-14-9-27(10-15(2)32-14)12-17-8-23-20-19(26-17)21-24-13-25-29(21)22(30)28(20)11-16-4-6-18(31-3)7-5-16/h4-8,13-15H,9-12H2,1-3H3/p+1/t14-,15+. The maximum Gasteiger partial charge on any atom is 0.425 e. The molecule has 32 heavy (non-hydrogen) atoms. The van der Waals surface area contributed by atoms with Gasteiger partial charge in [-0.1, -0.05) is 12.1 Å². The smallest absolute Gasteiger partial charge is 0.425 e. The molecule has 0 saturated carbocycles. The lowest BCUT2D eigenvalue weighted by atomic mass is 10.2. The minimum absolute atomic E-state index is 0.178. The third-order valence-corrected chi connectivity index (χ3v) is 5.66. The van der Waals surface area contributed by atoms with Crippen LogP contribution in [0.25, 0.3) is 16.8 Å². The predicted octanol–water partition coefficient (Wildman–Crippen LogP) is 0.919. The molecule has 0 amide bonds. The number of hydrogen-bond acceptors (Lipinski definition) is 7. The minimum atomic E-state index is -0.276. The minimum Gasteiger partial charge on any atom is -0.497 e. The summed E-state index contributed by atoms with van der Waals surface area (Å²) in [6, 6.07) is 7.60. The Morgan fingerprint density at radius 3 is 2.62 bits per heavy atom. The van der Waals surface area contributed by atoms with Crippen LogP contribution in [0.3, 0.4) is 0 Å². The van der Waals surface area contributed by atoms with Crippen LogP contribution in [0.5, 0.6) is 5.75 Å². The number of H-pyrrole nitrogens is 1. The average molecular weight is 436 g/mol. The summed E-state index contributed by atoms with van der Waals surface area (Å²) in [5.41, 5.74) is 3.18. The number of methoxy groups -OCH3 is 1. The molecule has 4 aromatic rings. The van der Waals surface area contributed by atoms with Crippen LogP contribution in [0.4, 0.5) is 0 Å². The summed E-state index contributed by atoms with van der Waals surface area (Å²) in [6.45, 7) is 6.86. The largest absolute Gasteiger partial charge is 0.497 e. The summed E-state index contributed by atoms with van der Waals surface area (Å²) in [7, 11) is 1.63. The van der Waals surface area contributed by atoms with Crippen LogP contribution in [-0.2, 0) is 17.8 Å². The van der Waals surface area contributed by atoms with E-state index in [9.17, 15) is 4.79 Å². The lowest BCUT2D eigenvalue weighted by molar-refractivity contribution is -0.345. The fourth-order valence-electron chi connectivity index (χ4n) is 4.34. The Kier molecular flexibility index (Phi) is 5.32. The molecule has 3 aromatic heterocycles. The molecule has 5 rings (SSSR count). The number of aromatic nitrogens is 6. The molecule has 1 aliphatic heterocycles. The number of aromatic amines is 1. The molecular formula is C22H26N7O3+. The number of rotatable bonds is 5. The monoisotopic (exact) mass is 436 g/mol. The van der Waals surface area contributed by atoms with Gasteiger partial charge in [0, 0.05) is 24.7 Å². The third-order valence-electron chi connectivity index (χ3n) is 5.66. The summed E-state index contributed by atoms with van der Waals surface area (Å²) in [5.74, 6) is 0.763. The zero-order valence-electron chi connectivity index (χ0n) is 18.4. The van der Waals surface area contributed by atoms with E-state index in [0.29, 0.717) is 29.9 Å². The fraction of sp³-hybridized carbons (Fsp3) is 0.409. The number of fused-ring (bicyclic) bond motifs is 3. The molecule has 0 aliphatic carbocycles. The van der Waals surface area contributed by atoms with Crippen molar-refractivity contribution in [2.75, 3.05) is 20.2 Å². The van der Waals surface area contributed by atoms with E-state index >= 15 is 0 Å². The van der Waals surface area contributed by atoms with E-state index < -0.39 is 0 Å². The van der Waals surface area contributed by atoms with Crippen LogP contribution in [0, 0.1) is 0 Å². The molecule has 0 radical (unpaired) electrons. The molecule has 4 heterocycles. The molecule has 10 heteroatoms. The quantitative estimate of drug-likeness (QED) is 0.459. The van der Waals surface area contributed by atoms with Gasteiger partial charge in [-0.15, -0.1) is 0 Å². The van der Waals surface area contributed by atoms with Crippen molar-refractivity contribution in [3.8, 4) is 5.75 Å². The highest BCUT2D eigenvalue weighted by Crippen LogP contribution is 2.17. The average Bonchev–Trinajstić information content (AvgIpc) is 3.27. The lowest BCUT2D eigenvalue weighted by Gasteiger charge is -2.34. The van der Waals surface area contributed by atoms with Crippen LogP contribution in [0.1, 0.15) is 25.1 Å². The molecule has 10 nitrogen and oxygen atoms in total. The second-order valence-electron chi connectivity index (χ2n) is 8.25. The summed E-state index contributed by atoms with van der Waals surface area (Å²) >= 11 is 0. The van der Waals surface area contributed by atoms with Crippen molar-refractivity contribution in [2.45, 2.75) is 39.1 Å². The van der Waals surface area contributed by atoms with Crippen molar-refractivity contribution in [3.63, 3.8) is 0 Å². The maximum atomic E-state index is 13.1. The Hall–Kier alpha value is -3.37. The molecule has 1 N–H and O–H groups in total. The zero-order chi connectivity index (χ0) is 22.2. The van der Waals surface area contributed by atoms with E-state index in [1.807, 2.05) is 24.3 Å². The second-order valence-corrected chi connectivity index (χ2v) is 8.25.